The number of benzene rings is 1. The molecular formula is C19H17FN4O2. The van der Waals surface area contributed by atoms with Crippen LogP contribution in [0.1, 0.15) is 40.0 Å². The van der Waals surface area contributed by atoms with Gasteiger partial charge in [0, 0.05) is 18.2 Å². The third-order valence-electron chi connectivity index (χ3n) is 4.33. The molecule has 1 heterocycles. The number of halogens is 1. The summed E-state index contributed by atoms with van der Waals surface area (Å²) in [5.74, 6) is -0.598. The third kappa shape index (κ3) is 3.54. The number of nitrogens with zero attached hydrogens (tertiary/aromatic N) is 3. The van der Waals surface area contributed by atoms with Gasteiger partial charge in [-0.2, -0.15) is 5.26 Å². The summed E-state index contributed by atoms with van der Waals surface area (Å²) in [6, 6.07) is 9.56. The lowest BCUT2D eigenvalue weighted by atomic mass is 9.98. The maximum Gasteiger partial charge on any atom is 0.282 e. The molecule has 0 atom stereocenters. The van der Waals surface area contributed by atoms with Crippen LogP contribution in [-0.2, 0) is 16.7 Å². The van der Waals surface area contributed by atoms with E-state index in [1.807, 2.05) is 6.07 Å². The number of methoxy groups -OCH3 is 1. The van der Waals surface area contributed by atoms with E-state index < -0.39 is 5.54 Å². The van der Waals surface area contributed by atoms with E-state index >= 15 is 0 Å². The van der Waals surface area contributed by atoms with Crippen molar-refractivity contribution in [3.05, 3.63) is 64.7 Å². The first-order chi connectivity index (χ1) is 12.5. The van der Waals surface area contributed by atoms with Crippen LogP contribution in [0.5, 0.6) is 0 Å². The fourth-order valence-electron chi connectivity index (χ4n) is 2.76. The molecule has 3 rings (SSSR count). The minimum atomic E-state index is -0.712. The summed E-state index contributed by atoms with van der Waals surface area (Å²) in [7, 11) is 1.41. The van der Waals surface area contributed by atoms with Crippen molar-refractivity contribution in [2.24, 2.45) is 10.7 Å². The van der Waals surface area contributed by atoms with Crippen molar-refractivity contribution in [3.8, 4) is 6.07 Å². The number of ketones is 1. The van der Waals surface area contributed by atoms with E-state index in [-0.39, 0.29) is 29.7 Å². The third-order valence-corrected chi connectivity index (χ3v) is 4.33. The quantitative estimate of drug-likeness (QED) is 0.506. The van der Waals surface area contributed by atoms with E-state index in [0.717, 1.165) is 0 Å². The summed E-state index contributed by atoms with van der Waals surface area (Å²) in [4.78, 5) is 20.7. The predicted octanol–water partition coefficient (Wildman–Crippen LogP) is 2.47. The Kier molecular flexibility index (Phi) is 4.67. The predicted molar refractivity (Wildman–Crippen MR) is 92.9 cm³/mol. The van der Waals surface area contributed by atoms with Crippen molar-refractivity contribution in [2.75, 3.05) is 7.11 Å². The molecule has 1 aliphatic carbocycles. The molecule has 0 amide bonds. The normalized spacial score (nSPS) is 15.2. The molecule has 1 fully saturated rings. The summed E-state index contributed by atoms with van der Waals surface area (Å²) in [6.07, 6.45) is 2.77. The second-order valence-electron chi connectivity index (χ2n) is 6.14. The monoisotopic (exact) mass is 352 g/mol. The molecule has 0 aliphatic heterocycles. The fourth-order valence-corrected chi connectivity index (χ4v) is 2.76. The number of carbonyl (C=O) groups is 1. The van der Waals surface area contributed by atoms with Gasteiger partial charge in [-0.25, -0.2) is 9.38 Å². The van der Waals surface area contributed by atoms with Crippen LogP contribution in [-0.4, -0.2) is 23.9 Å². The number of nitriles is 1. The number of amidine groups is 1. The van der Waals surface area contributed by atoms with Crippen LogP contribution in [0.2, 0.25) is 0 Å². The number of aromatic nitrogens is 1. The van der Waals surface area contributed by atoms with Gasteiger partial charge in [0.05, 0.1) is 18.2 Å². The van der Waals surface area contributed by atoms with Gasteiger partial charge in [-0.05, 0) is 42.7 Å². The van der Waals surface area contributed by atoms with Crippen LogP contribution >= 0.6 is 0 Å². The zero-order chi connectivity index (χ0) is 18.7. The lowest BCUT2D eigenvalue weighted by molar-refractivity contribution is 0.0988. The van der Waals surface area contributed by atoms with Gasteiger partial charge in [0.1, 0.15) is 17.6 Å². The van der Waals surface area contributed by atoms with Gasteiger partial charge in [0.25, 0.3) is 6.02 Å². The van der Waals surface area contributed by atoms with E-state index in [1.165, 1.54) is 31.5 Å². The molecule has 1 aromatic heterocycles. The molecule has 2 N–H and O–H groups in total. The molecule has 132 valence electrons. The topological polar surface area (TPSA) is 101 Å². The summed E-state index contributed by atoms with van der Waals surface area (Å²) in [5, 5.41) is 8.78. The average Bonchev–Trinajstić information content (AvgIpc) is 3.43. The Hall–Kier alpha value is -3.27. The zero-order valence-corrected chi connectivity index (χ0v) is 14.2. The maximum absolute atomic E-state index is 14.3. The summed E-state index contributed by atoms with van der Waals surface area (Å²) in [5.41, 5.74) is 6.63. The first-order valence-corrected chi connectivity index (χ1v) is 8.05. The molecule has 0 saturated heterocycles. The maximum atomic E-state index is 14.3. The molecule has 0 bridgehead atoms. The van der Waals surface area contributed by atoms with E-state index in [4.69, 9.17) is 15.7 Å². The van der Waals surface area contributed by atoms with Crippen molar-refractivity contribution in [1.29, 1.82) is 5.26 Å². The molecule has 1 aliphatic rings. The van der Waals surface area contributed by atoms with Crippen LogP contribution in [0, 0.1) is 17.1 Å². The molecule has 0 spiro atoms. The number of Topliss-reactive ketones (excluding diaryl/α,β-unsaturated/α-hetero) is 1. The van der Waals surface area contributed by atoms with Gasteiger partial charge >= 0.3 is 0 Å². The number of ether oxygens (including phenoxy) is 1. The summed E-state index contributed by atoms with van der Waals surface area (Å²) in [6.45, 7) is 0. The summed E-state index contributed by atoms with van der Waals surface area (Å²) >= 11 is 0. The van der Waals surface area contributed by atoms with Crippen LogP contribution in [0.15, 0.2) is 41.5 Å². The Balaban J connectivity index is 1.84. The first-order valence-electron chi connectivity index (χ1n) is 8.05. The molecule has 2 aromatic rings. The molecule has 7 heteroatoms. The number of hydrogen-bond acceptors (Lipinski definition) is 5. The van der Waals surface area contributed by atoms with Gasteiger partial charge in [-0.1, -0.05) is 6.07 Å². The van der Waals surface area contributed by atoms with Gasteiger partial charge < -0.3 is 10.5 Å². The van der Waals surface area contributed by atoms with Crippen LogP contribution in [0.25, 0.3) is 0 Å². The highest BCUT2D eigenvalue weighted by molar-refractivity contribution is 5.95. The van der Waals surface area contributed by atoms with Crippen molar-refractivity contribution >= 4 is 11.8 Å². The van der Waals surface area contributed by atoms with E-state index in [9.17, 15) is 9.18 Å². The number of rotatable bonds is 5. The average molecular weight is 352 g/mol. The SMILES string of the molecule is COC(N)=NC1(c2cc(CC(=O)c3ccc(C#N)cn3)ccc2F)CC1. The largest absolute Gasteiger partial charge is 0.469 e. The Morgan fingerprint density at radius 2 is 2.19 bits per heavy atom. The molecule has 0 radical (unpaired) electrons. The second kappa shape index (κ2) is 6.92. The number of nitrogens with two attached hydrogens (primary N) is 1. The number of pyridine rings is 1. The molecule has 0 unspecified atom stereocenters. The van der Waals surface area contributed by atoms with Gasteiger partial charge in [0.15, 0.2) is 5.78 Å². The van der Waals surface area contributed by atoms with Crippen molar-refractivity contribution in [2.45, 2.75) is 24.8 Å². The van der Waals surface area contributed by atoms with Crippen molar-refractivity contribution < 1.29 is 13.9 Å². The molecular weight excluding hydrogens is 335 g/mol. The molecule has 26 heavy (non-hydrogen) atoms. The Morgan fingerprint density at radius 3 is 2.77 bits per heavy atom. The number of carbonyl (C=O) groups excluding carboxylic acids is 1. The molecule has 1 aromatic carbocycles. The highest BCUT2D eigenvalue weighted by Gasteiger charge is 2.47. The minimum absolute atomic E-state index is 0.00478. The van der Waals surface area contributed by atoms with E-state index in [1.54, 1.807) is 12.1 Å². The lowest BCUT2D eigenvalue weighted by Gasteiger charge is -2.14. The standard InChI is InChI=1S/C19H17FN4O2/c1-26-18(22)24-19(6-7-19)14-8-12(2-4-15(14)20)9-17(25)16-5-3-13(10-21)11-23-16/h2-5,8,11H,6-7,9H2,1H3,(H2,22,24). The van der Waals surface area contributed by atoms with Crippen LogP contribution in [0.3, 0.4) is 0 Å². The minimum Gasteiger partial charge on any atom is -0.469 e. The smallest absolute Gasteiger partial charge is 0.282 e. The van der Waals surface area contributed by atoms with Crippen LogP contribution in [0.4, 0.5) is 4.39 Å². The Labute approximate surface area is 150 Å². The fraction of sp³-hybridized carbons (Fsp3) is 0.263. The van der Waals surface area contributed by atoms with E-state index in [0.29, 0.717) is 29.5 Å². The van der Waals surface area contributed by atoms with E-state index in [2.05, 4.69) is 9.98 Å². The van der Waals surface area contributed by atoms with Crippen LogP contribution < -0.4 is 5.73 Å². The van der Waals surface area contributed by atoms with Gasteiger partial charge in [-0.15, -0.1) is 0 Å². The van der Waals surface area contributed by atoms with Crippen molar-refractivity contribution in [1.82, 2.24) is 4.98 Å². The zero-order valence-electron chi connectivity index (χ0n) is 14.2. The lowest BCUT2D eigenvalue weighted by Crippen LogP contribution is -2.19. The number of hydrogen-bond donors (Lipinski definition) is 1. The van der Waals surface area contributed by atoms with Gasteiger partial charge in [-0.3, -0.25) is 9.78 Å². The first kappa shape index (κ1) is 17.5. The summed E-state index contributed by atoms with van der Waals surface area (Å²) < 4.78 is 19.2. The van der Waals surface area contributed by atoms with Crippen molar-refractivity contribution in [3.63, 3.8) is 0 Å². The highest BCUT2D eigenvalue weighted by Crippen LogP contribution is 2.50. The highest BCUT2D eigenvalue weighted by atomic mass is 19.1. The Morgan fingerprint density at radius 1 is 1.42 bits per heavy atom. The Bertz CT molecular complexity index is 912. The molecule has 1 saturated carbocycles. The van der Waals surface area contributed by atoms with Gasteiger partial charge in [0.2, 0.25) is 0 Å². The molecule has 6 nitrogen and oxygen atoms in total. The number of aliphatic imine (C=N–C) groups is 1. The second-order valence-corrected chi connectivity index (χ2v) is 6.14.